The van der Waals surface area contributed by atoms with E-state index >= 15 is 0 Å². The van der Waals surface area contributed by atoms with Gasteiger partial charge in [-0.15, -0.1) is 11.6 Å². The molecule has 1 atom stereocenters. The summed E-state index contributed by atoms with van der Waals surface area (Å²) in [5.74, 6) is 1.19. The van der Waals surface area contributed by atoms with Gasteiger partial charge in [-0.25, -0.2) is 9.97 Å². The van der Waals surface area contributed by atoms with Gasteiger partial charge < -0.3 is 16.0 Å². The number of nitrogens with one attached hydrogen (secondary N) is 3. The van der Waals surface area contributed by atoms with Crippen LogP contribution in [0, 0.1) is 5.41 Å². The van der Waals surface area contributed by atoms with E-state index in [9.17, 15) is 0 Å². The molecule has 1 heterocycles. The summed E-state index contributed by atoms with van der Waals surface area (Å²) in [6, 6.07) is 19.7. The van der Waals surface area contributed by atoms with Crippen molar-refractivity contribution in [2.75, 3.05) is 17.2 Å². The fourth-order valence-corrected chi connectivity index (χ4v) is 3.64. The number of para-hydroxylation sites is 1. The lowest BCUT2D eigenvalue weighted by atomic mass is 10.1. The maximum absolute atomic E-state index is 7.93. The van der Waals surface area contributed by atoms with Crippen LogP contribution in [0.3, 0.4) is 0 Å². The smallest absolute Gasteiger partial charge is 0.191 e. The van der Waals surface area contributed by atoms with Crippen molar-refractivity contribution in [3.8, 4) is 0 Å². The van der Waals surface area contributed by atoms with Crippen molar-refractivity contribution >= 4 is 46.9 Å². The van der Waals surface area contributed by atoms with Crippen LogP contribution in [-0.2, 0) is 0 Å². The number of thioether (sulfide) groups is 1. The van der Waals surface area contributed by atoms with Gasteiger partial charge in [0, 0.05) is 23.7 Å². The minimum atomic E-state index is -0.212. The van der Waals surface area contributed by atoms with Gasteiger partial charge in [0.25, 0.3) is 0 Å². The largest absolute Gasteiger partial charge is 0.367 e. The average Bonchev–Trinajstić information content (AvgIpc) is 2.73. The van der Waals surface area contributed by atoms with E-state index in [0.717, 1.165) is 11.3 Å². The van der Waals surface area contributed by atoms with Crippen LogP contribution in [0.15, 0.2) is 65.8 Å². The first-order valence-electron chi connectivity index (χ1n) is 9.41. The van der Waals surface area contributed by atoms with Gasteiger partial charge in [-0.05, 0) is 17.7 Å². The molecule has 2 aromatic carbocycles. The Balaban J connectivity index is 1.89. The Morgan fingerprint density at radius 1 is 1.00 bits per heavy atom. The van der Waals surface area contributed by atoms with Crippen LogP contribution >= 0.6 is 23.4 Å². The van der Waals surface area contributed by atoms with Gasteiger partial charge >= 0.3 is 0 Å². The van der Waals surface area contributed by atoms with Crippen LogP contribution in [0.1, 0.15) is 30.4 Å². The molecule has 0 radical (unpaired) electrons. The molecule has 3 N–H and O–H groups in total. The van der Waals surface area contributed by atoms with E-state index < -0.39 is 0 Å². The number of alkyl halides is 1. The summed E-state index contributed by atoms with van der Waals surface area (Å²) < 4.78 is 0. The molecule has 3 aromatic rings. The Kier molecular flexibility index (Phi) is 7.49. The number of halogens is 1. The Morgan fingerprint density at radius 2 is 1.62 bits per heavy atom. The van der Waals surface area contributed by atoms with Crippen molar-refractivity contribution in [3.63, 3.8) is 0 Å². The summed E-state index contributed by atoms with van der Waals surface area (Å²) in [5, 5.41) is 15.3. The molecule has 0 aliphatic carbocycles. The fourth-order valence-electron chi connectivity index (χ4n) is 2.70. The number of anilines is 3. The lowest BCUT2D eigenvalue weighted by molar-refractivity contribution is 0.920. The van der Waals surface area contributed by atoms with Crippen LogP contribution in [0.4, 0.5) is 17.3 Å². The Hall–Kier alpha value is -2.57. The third-order valence-electron chi connectivity index (χ3n) is 4.06. The van der Waals surface area contributed by atoms with Crippen LogP contribution in [0.2, 0.25) is 0 Å². The summed E-state index contributed by atoms with van der Waals surface area (Å²) >= 11 is 8.14. The Bertz CT molecular complexity index is 935. The highest BCUT2D eigenvalue weighted by Crippen LogP contribution is 2.29. The van der Waals surface area contributed by atoms with Crippen molar-refractivity contribution in [1.29, 1.82) is 5.41 Å². The second kappa shape index (κ2) is 10.3. The summed E-state index contributed by atoms with van der Waals surface area (Å²) in [5.41, 5.74) is 2.53. The highest BCUT2D eigenvalue weighted by Gasteiger charge is 2.16. The van der Waals surface area contributed by atoms with Gasteiger partial charge in [0.2, 0.25) is 0 Å². The van der Waals surface area contributed by atoms with Gasteiger partial charge in [0.1, 0.15) is 11.6 Å². The Labute approximate surface area is 180 Å². The number of benzene rings is 2. The average molecular weight is 426 g/mol. The molecule has 0 saturated heterocycles. The zero-order valence-corrected chi connectivity index (χ0v) is 18.0. The van der Waals surface area contributed by atoms with Gasteiger partial charge in [-0.1, -0.05) is 74.1 Å². The number of nitrogens with zero attached hydrogens (tertiary/aromatic N) is 2. The molecule has 5 nitrogen and oxygen atoms in total. The molecular weight excluding hydrogens is 402 g/mol. The molecule has 1 unspecified atom stereocenters. The van der Waals surface area contributed by atoms with Crippen molar-refractivity contribution in [3.05, 3.63) is 71.8 Å². The van der Waals surface area contributed by atoms with E-state index in [1.165, 1.54) is 6.21 Å². The molecule has 0 bridgehead atoms. The molecular formula is C22H24ClN5S. The van der Waals surface area contributed by atoms with Crippen molar-refractivity contribution in [2.45, 2.75) is 29.6 Å². The van der Waals surface area contributed by atoms with E-state index in [1.54, 1.807) is 11.8 Å². The van der Waals surface area contributed by atoms with Crippen LogP contribution < -0.4 is 10.6 Å². The van der Waals surface area contributed by atoms with Crippen molar-refractivity contribution in [1.82, 2.24) is 9.97 Å². The van der Waals surface area contributed by atoms with E-state index in [1.807, 2.05) is 60.7 Å². The highest BCUT2D eigenvalue weighted by atomic mass is 35.5. The number of hydrogen-bond donors (Lipinski definition) is 3. The molecule has 0 spiro atoms. The second-order valence-electron chi connectivity index (χ2n) is 6.68. The van der Waals surface area contributed by atoms with Gasteiger partial charge in [-0.3, -0.25) is 0 Å². The van der Waals surface area contributed by atoms with E-state index in [2.05, 4.69) is 34.4 Å². The quantitative estimate of drug-likeness (QED) is 0.167. The fraction of sp³-hybridized carbons (Fsp3) is 0.227. The van der Waals surface area contributed by atoms with Crippen LogP contribution in [0.5, 0.6) is 0 Å². The molecule has 0 amide bonds. The second-order valence-corrected chi connectivity index (χ2v) is 8.75. The highest BCUT2D eigenvalue weighted by molar-refractivity contribution is 7.99. The lowest BCUT2D eigenvalue weighted by Gasteiger charge is -2.17. The summed E-state index contributed by atoms with van der Waals surface area (Å²) in [6.07, 6.45) is 1.27. The monoisotopic (exact) mass is 425 g/mol. The first kappa shape index (κ1) is 21.1. The normalized spacial score (nSPS) is 11.9. The number of rotatable bonds is 9. The zero-order chi connectivity index (χ0) is 20.6. The Morgan fingerprint density at radius 3 is 2.24 bits per heavy atom. The molecule has 1 aromatic heterocycles. The third-order valence-corrected chi connectivity index (χ3v) is 5.33. The minimum Gasteiger partial charge on any atom is -0.367 e. The van der Waals surface area contributed by atoms with Crippen molar-refractivity contribution < 1.29 is 0 Å². The first-order chi connectivity index (χ1) is 14.1. The third kappa shape index (κ3) is 5.95. The maximum Gasteiger partial charge on any atom is 0.191 e. The molecule has 0 saturated carbocycles. The predicted octanol–water partition coefficient (Wildman–Crippen LogP) is 6.11. The molecule has 29 heavy (non-hydrogen) atoms. The van der Waals surface area contributed by atoms with Crippen LogP contribution in [0.25, 0.3) is 0 Å². The SMILES string of the molecule is CC(C)Sc1nc(NCC(Cl)c2ccccc2)c(C=N)c(Nc2ccccc2)n1. The summed E-state index contributed by atoms with van der Waals surface area (Å²) in [4.78, 5) is 9.28. The molecule has 3 rings (SSSR count). The first-order valence-corrected chi connectivity index (χ1v) is 10.7. The van der Waals surface area contributed by atoms with Crippen LogP contribution in [-0.4, -0.2) is 28.0 Å². The number of aromatic nitrogens is 2. The van der Waals surface area contributed by atoms with Gasteiger partial charge in [-0.2, -0.15) is 0 Å². The van der Waals surface area contributed by atoms with Crippen molar-refractivity contribution in [2.24, 2.45) is 0 Å². The summed E-state index contributed by atoms with van der Waals surface area (Å²) in [7, 11) is 0. The van der Waals surface area contributed by atoms with E-state index in [0.29, 0.717) is 34.2 Å². The number of hydrogen-bond acceptors (Lipinski definition) is 6. The topological polar surface area (TPSA) is 73.7 Å². The molecule has 0 fully saturated rings. The molecule has 7 heteroatoms. The zero-order valence-electron chi connectivity index (χ0n) is 16.4. The molecule has 150 valence electrons. The maximum atomic E-state index is 7.93. The van der Waals surface area contributed by atoms with E-state index in [4.69, 9.17) is 17.0 Å². The van der Waals surface area contributed by atoms with E-state index in [-0.39, 0.29) is 5.38 Å². The van der Waals surface area contributed by atoms with Gasteiger partial charge in [0.05, 0.1) is 10.9 Å². The minimum absolute atomic E-state index is 0.212. The van der Waals surface area contributed by atoms with Gasteiger partial charge in [0.15, 0.2) is 5.16 Å². The molecule has 0 aliphatic rings. The lowest BCUT2D eigenvalue weighted by Crippen LogP contribution is -2.14. The standard InChI is InChI=1S/C22H24ClN5S/c1-15(2)29-22-27-20(25-14-19(23)16-9-5-3-6-10-16)18(13-24)21(28-22)26-17-11-7-4-8-12-17/h3-13,15,19,24H,14H2,1-2H3,(H2,25,26,27,28). The summed E-state index contributed by atoms with van der Waals surface area (Å²) in [6.45, 7) is 4.68. The predicted molar refractivity (Wildman–Crippen MR) is 124 cm³/mol. The molecule has 0 aliphatic heterocycles.